The number of carboxylic acid groups (broad SMARTS) is 1. The minimum absolute atomic E-state index is 0.0769. The zero-order chi connectivity index (χ0) is 59.4. The second-order valence-electron chi connectivity index (χ2n) is 20.0. The summed E-state index contributed by atoms with van der Waals surface area (Å²) in [5, 5.41) is 34.4. The quantitative estimate of drug-likeness (QED) is 0.0241. The lowest BCUT2D eigenvalue weighted by molar-refractivity contribution is -0.141. The molecule has 0 aliphatic carbocycles. The van der Waals surface area contributed by atoms with Crippen molar-refractivity contribution >= 4 is 71.8 Å². The number of imide groups is 1. The van der Waals surface area contributed by atoms with Gasteiger partial charge in [0, 0.05) is 67.8 Å². The monoisotopic (exact) mass is 1120 g/mol. The summed E-state index contributed by atoms with van der Waals surface area (Å²) in [6, 6.07) is 5.51. The Labute approximate surface area is 460 Å². The van der Waals surface area contributed by atoms with E-state index < -0.39 is 151 Å². The van der Waals surface area contributed by atoms with Gasteiger partial charge in [-0.05, 0) is 81.5 Å². The van der Waals surface area contributed by atoms with Gasteiger partial charge in [-0.3, -0.25) is 57.8 Å². The highest BCUT2D eigenvalue weighted by Gasteiger charge is 2.39. The number of hydrogen-bond donors (Lipinski definition) is 9. The largest absolute Gasteiger partial charge is 0.480 e. The minimum Gasteiger partial charge on any atom is -0.480 e. The molecule has 3 aromatic rings. The molecule has 26 heteroatoms. The number of aliphatic carboxylic acids is 1. The predicted octanol–water partition coefficient (Wildman–Crippen LogP) is 0.506. The smallest absolute Gasteiger partial charge is 0.328 e. The molecule has 1 aliphatic heterocycles. The highest BCUT2D eigenvalue weighted by molar-refractivity contribution is 6.14. The van der Waals surface area contributed by atoms with Crippen molar-refractivity contribution in [1.82, 2.24) is 46.3 Å². The lowest BCUT2D eigenvalue weighted by Gasteiger charge is -2.41. The lowest BCUT2D eigenvalue weighted by Crippen LogP contribution is -2.58. The molecular weight excluding hydrogens is 1050 g/mol. The van der Waals surface area contributed by atoms with Crippen LogP contribution >= 0.6 is 0 Å². The van der Waals surface area contributed by atoms with Crippen LogP contribution < -0.4 is 37.6 Å². The molecule has 0 radical (unpaired) electrons. The third kappa shape index (κ3) is 19.1. The summed E-state index contributed by atoms with van der Waals surface area (Å²) in [6.07, 6.45) is 3.02. The molecule has 0 unspecified atom stereocenters. The van der Waals surface area contributed by atoms with Crippen LogP contribution in [0.3, 0.4) is 0 Å². The van der Waals surface area contributed by atoms with E-state index >= 15 is 4.39 Å². The summed E-state index contributed by atoms with van der Waals surface area (Å²) in [5.74, 6) is -11.3. The fraction of sp³-hybridized carbons (Fsp3) is 0.444. The second-order valence-corrected chi connectivity index (χ2v) is 20.0. The number of nitrogens with zero attached hydrogens (tertiary/aromatic N) is 4. The number of aliphatic hydroxyl groups is 1. The molecule has 0 saturated heterocycles. The third-order valence-electron chi connectivity index (χ3n) is 12.7. The van der Waals surface area contributed by atoms with Crippen LogP contribution in [0.1, 0.15) is 90.4 Å². The summed E-state index contributed by atoms with van der Waals surface area (Å²) in [7, 11) is 0. The van der Waals surface area contributed by atoms with Crippen molar-refractivity contribution in [3.8, 4) is 11.1 Å². The number of hydrogen-bond acceptors (Lipinski definition) is 13. The molecule has 24 nitrogen and oxygen atoms in total. The van der Waals surface area contributed by atoms with E-state index in [0.717, 1.165) is 35.9 Å². The van der Waals surface area contributed by atoms with E-state index in [2.05, 4.69) is 43.6 Å². The topological polar surface area (TPSA) is 350 Å². The number of amides is 10. The number of carbonyl (C=O) groups is 11. The summed E-state index contributed by atoms with van der Waals surface area (Å²) < 4.78 is 31.8. The Bertz CT molecular complexity index is 2800. The highest BCUT2D eigenvalue weighted by Crippen LogP contribution is 2.41. The fourth-order valence-corrected chi connectivity index (χ4v) is 8.60. The van der Waals surface area contributed by atoms with E-state index in [1.54, 1.807) is 49.7 Å². The molecule has 1 aromatic heterocycles. The van der Waals surface area contributed by atoms with Crippen molar-refractivity contribution in [2.24, 2.45) is 16.1 Å². The van der Waals surface area contributed by atoms with E-state index in [4.69, 9.17) is 5.73 Å². The van der Waals surface area contributed by atoms with Gasteiger partial charge in [0.1, 0.15) is 55.0 Å². The van der Waals surface area contributed by atoms with Gasteiger partial charge in [0.15, 0.2) is 0 Å². The summed E-state index contributed by atoms with van der Waals surface area (Å²) >= 11 is 0. The van der Waals surface area contributed by atoms with Gasteiger partial charge in [0.2, 0.25) is 47.3 Å². The molecule has 6 atom stereocenters. The van der Waals surface area contributed by atoms with Crippen molar-refractivity contribution in [3.63, 3.8) is 0 Å². The highest BCUT2D eigenvalue weighted by atomic mass is 19.1. The maximum atomic E-state index is 15.4. The van der Waals surface area contributed by atoms with Crippen LogP contribution in [-0.4, -0.2) is 159 Å². The molecule has 2 aromatic carbocycles. The molecular formula is C54H69F2N11O13. The Balaban J connectivity index is 1.62. The van der Waals surface area contributed by atoms with Gasteiger partial charge in [0.05, 0.1) is 12.5 Å². The van der Waals surface area contributed by atoms with Crippen molar-refractivity contribution in [2.45, 2.75) is 116 Å². The van der Waals surface area contributed by atoms with Gasteiger partial charge in [-0.25, -0.2) is 13.6 Å². The zero-order valence-electron chi connectivity index (χ0n) is 45.1. The Morgan fingerprint density at radius 2 is 1.41 bits per heavy atom. The second kappa shape index (κ2) is 29.9. The first-order valence-electron chi connectivity index (χ1n) is 25.6. The van der Waals surface area contributed by atoms with Crippen molar-refractivity contribution < 1.29 is 71.7 Å². The number of primary amides is 1. The van der Waals surface area contributed by atoms with E-state index in [1.807, 2.05) is 18.2 Å². The number of benzene rings is 2. The van der Waals surface area contributed by atoms with Crippen molar-refractivity contribution in [3.05, 3.63) is 95.8 Å². The molecule has 0 fully saturated rings. The van der Waals surface area contributed by atoms with E-state index in [0.29, 0.717) is 23.4 Å². The average molecular weight is 1120 g/mol. The number of unbranched alkanes of at least 4 members (excludes halogenated alkanes) is 1. The first kappa shape index (κ1) is 63.8. The van der Waals surface area contributed by atoms with Crippen LogP contribution in [0, 0.1) is 17.0 Å². The number of carboxylic acids is 1. The lowest BCUT2D eigenvalue weighted by atomic mass is 9.82. The molecule has 10 N–H and O–H groups in total. The number of halogens is 2. The van der Waals surface area contributed by atoms with Gasteiger partial charge < -0.3 is 57.3 Å². The maximum Gasteiger partial charge on any atom is 0.328 e. The maximum absolute atomic E-state index is 15.4. The molecule has 432 valence electrons. The SMILES string of the molecule is C=N[C@@H](CCCCNC(=O)CCNC(=O)[C@H](CCN(C(=O)CO)[C@@H](c1cc(-c2cc(F)ccc2F)cn1Cc1ccccc1)C(C)(C)C)NC(=O)[C@H](CC(N)=O)NC(=O)[C@H](C)NC(=O)[C@H](C)NC(=O)CN1C(=O)C=CC1=O)C(=O)O. The number of aliphatic imine (C=N–C) groups is 1. The van der Waals surface area contributed by atoms with E-state index in [-0.39, 0.29) is 43.6 Å². The number of carbonyl (C=O) groups excluding carboxylic acids is 10. The van der Waals surface area contributed by atoms with Crippen molar-refractivity contribution in [2.75, 3.05) is 32.8 Å². The number of nitrogens with two attached hydrogens (primary N) is 1. The van der Waals surface area contributed by atoms with Crippen LogP contribution in [0.2, 0.25) is 0 Å². The summed E-state index contributed by atoms with van der Waals surface area (Å²) in [4.78, 5) is 147. The summed E-state index contributed by atoms with van der Waals surface area (Å²) in [6.45, 7) is 9.03. The molecule has 80 heavy (non-hydrogen) atoms. The minimum atomic E-state index is -1.80. The molecule has 1 aliphatic rings. The van der Waals surface area contributed by atoms with Crippen LogP contribution in [0.25, 0.3) is 11.1 Å². The third-order valence-corrected chi connectivity index (χ3v) is 12.7. The number of aromatic nitrogens is 1. The number of aliphatic hydroxyl groups excluding tert-OH is 1. The molecule has 0 bridgehead atoms. The van der Waals surface area contributed by atoms with Gasteiger partial charge in [-0.2, -0.15) is 0 Å². The van der Waals surface area contributed by atoms with Crippen molar-refractivity contribution in [1.29, 1.82) is 0 Å². The molecule has 4 rings (SSSR count). The van der Waals surface area contributed by atoms with Crippen LogP contribution in [-0.2, 0) is 59.3 Å². The molecule has 0 saturated carbocycles. The van der Waals surface area contributed by atoms with Crippen LogP contribution in [0.15, 0.2) is 77.9 Å². The standard InChI is InChI=1S/C54H69F2N11O13/c1-31(61-44(71)29-67-45(72)17-18-46(67)73)49(75)62-32(2)50(76)64-40(26-42(57)69)52(78)63-38(51(77)60-22-19-43(70)59-21-11-10-14-39(58-6)53(79)80)20-23-66(47(74)30-68)48(54(3,4)5)41-24-34(36-25-35(55)15-16-37(36)56)28-65(41)27-33-12-8-7-9-13-33/h7-9,12-13,15-18,24-25,28,31-32,38-40,48,68H,6,10-11,14,19-23,26-27,29-30H2,1-5H3,(H2,57,69)(H,59,70)(H,60,77)(H,61,71)(H,62,75)(H,63,78)(H,64,76)(H,79,80)/t31-,32-,38-,39-,40-,48-/m0/s1. The first-order chi connectivity index (χ1) is 37.7. The zero-order valence-corrected chi connectivity index (χ0v) is 45.1. The average Bonchev–Trinajstić information content (AvgIpc) is 3.97. The molecule has 10 amide bonds. The van der Waals surface area contributed by atoms with Gasteiger partial charge in [0.25, 0.3) is 11.8 Å². The van der Waals surface area contributed by atoms with E-state index in [1.165, 1.54) is 18.7 Å². The summed E-state index contributed by atoms with van der Waals surface area (Å²) in [5.41, 5.74) is 5.97. The number of nitrogens with one attached hydrogen (secondary N) is 6. The Morgan fingerprint density at radius 1 is 0.775 bits per heavy atom. The first-order valence-corrected chi connectivity index (χ1v) is 25.6. The molecule has 2 heterocycles. The molecule has 0 spiro atoms. The van der Waals surface area contributed by atoms with E-state index in [9.17, 15) is 67.3 Å². The number of rotatable bonds is 31. The Kier molecular flexibility index (Phi) is 23.9. The fourth-order valence-electron chi connectivity index (χ4n) is 8.60. The van der Waals surface area contributed by atoms with Crippen LogP contribution in [0.4, 0.5) is 8.78 Å². The van der Waals surface area contributed by atoms with Gasteiger partial charge >= 0.3 is 5.97 Å². The van der Waals surface area contributed by atoms with Gasteiger partial charge in [-0.15, -0.1) is 0 Å². The normalized spacial score (nSPS) is 14.4. The Hall–Kier alpha value is -8.68. The van der Waals surface area contributed by atoms with Gasteiger partial charge in [-0.1, -0.05) is 51.1 Å². The Morgan fingerprint density at radius 3 is 2.02 bits per heavy atom. The van der Waals surface area contributed by atoms with Crippen LogP contribution in [0.5, 0.6) is 0 Å². The predicted molar refractivity (Wildman–Crippen MR) is 285 cm³/mol.